The number of amides is 2. The Kier molecular flexibility index (Phi) is 6.99. The molecule has 40 heavy (non-hydrogen) atoms. The third-order valence-corrected chi connectivity index (χ3v) is 7.52. The molecule has 10 nitrogen and oxygen atoms in total. The van der Waals surface area contributed by atoms with Crippen molar-refractivity contribution in [3.05, 3.63) is 66.4 Å². The van der Waals surface area contributed by atoms with E-state index in [-0.39, 0.29) is 17.9 Å². The molecular weight excluding hydrogens is 526 g/mol. The molecule has 1 saturated heterocycles. The Morgan fingerprint density at radius 3 is 2.83 bits per heavy atom. The van der Waals surface area contributed by atoms with Crippen LogP contribution in [0.1, 0.15) is 30.1 Å². The molecule has 0 spiro atoms. The number of para-hydroxylation sites is 1. The first-order valence-electron chi connectivity index (χ1n) is 12.8. The van der Waals surface area contributed by atoms with Crippen LogP contribution in [0.4, 0.5) is 10.9 Å². The standard InChI is InChI=1S/C29H25N7O3S/c1-2-6-24(37)36-16-5-7-19(17-36)31-27-25-22(14-15-30-26(25)34-35-27)39-20-12-10-18(11-13-20)28(38)33-29-32-21-8-3-4-9-23(21)40-29/h3-4,8-15,19H,5,7,16-17H2,1H3,(H,32,33,38)(H2,30,31,34,35)/t19-/m1/s1. The van der Waals surface area contributed by atoms with Gasteiger partial charge in [-0.3, -0.25) is 20.0 Å². The van der Waals surface area contributed by atoms with Crippen LogP contribution in [-0.4, -0.2) is 56.0 Å². The van der Waals surface area contributed by atoms with Crippen LogP contribution in [0.3, 0.4) is 0 Å². The van der Waals surface area contributed by atoms with E-state index < -0.39 is 0 Å². The Morgan fingerprint density at radius 2 is 2.00 bits per heavy atom. The minimum absolute atomic E-state index is 0.0177. The first-order chi connectivity index (χ1) is 19.6. The second kappa shape index (κ2) is 11.0. The lowest BCUT2D eigenvalue weighted by atomic mass is 10.1. The van der Waals surface area contributed by atoms with E-state index in [1.165, 1.54) is 11.3 Å². The summed E-state index contributed by atoms with van der Waals surface area (Å²) >= 11 is 1.43. The fourth-order valence-corrected chi connectivity index (χ4v) is 5.53. The molecule has 200 valence electrons. The number of thiazole rings is 1. The highest BCUT2D eigenvalue weighted by molar-refractivity contribution is 7.22. The van der Waals surface area contributed by atoms with Crippen molar-refractivity contribution in [3.8, 4) is 23.3 Å². The molecule has 1 aliphatic rings. The number of aromatic nitrogens is 4. The van der Waals surface area contributed by atoms with Gasteiger partial charge in [0.1, 0.15) is 16.9 Å². The van der Waals surface area contributed by atoms with E-state index in [0.717, 1.165) is 23.1 Å². The van der Waals surface area contributed by atoms with Gasteiger partial charge in [0.05, 0.1) is 10.2 Å². The summed E-state index contributed by atoms with van der Waals surface area (Å²) in [6.45, 7) is 2.89. The van der Waals surface area contributed by atoms with Gasteiger partial charge >= 0.3 is 0 Å². The molecule has 2 aromatic carbocycles. The Labute approximate surface area is 233 Å². The number of fused-ring (bicyclic) bond motifs is 2. The van der Waals surface area contributed by atoms with Gasteiger partial charge in [0.25, 0.3) is 11.8 Å². The molecular formula is C29H25N7O3S. The first kappa shape index (κ1) is 25.3. The molecule has 1 atom stereocenters. The van der Waals surface area contributed by atoms with Crippen LogP contribution in [0.5, 0.6) is 11.5 Å². The molecule has 0 unspecified atom stereocenters. The maximum Gasteiger partial charge on any atom is 0.298 e. The zero-order chi connectivity index (χ0) is 27.5. The number of piperidine rings is 1. The van der Waals surface area contributed by atoms with Crippen LogP contribution >= 0.6 is 11.3 Å². The van der Waals surface area contributed by atoms with Gasteiger partial charge in [-0.05, 0) is 62.1 Å². The number of H-pyrrole nitrogens is 1. The van der Waals surface area contributed by atoms with Gasteiger partial charge in [-0.1, -0.05) is 29.4 Å². The number of carbonyl (C=O) groups is 2. The minimum atomic E-state index is -0.247. The smallest absolute Gasteiger partial charge is 0.298 e. The summed E-state index contributed by atoms with van der Waals surface area (Å²) in [7, 11) is 0. The number of likely N-dealkylation sites (tertiary alicyclic amines) is 1. The molecule has 3 N–H and O–H groups in total. The fraction of sp³-hybridized carbons (Fsp3) is 0.207. The van der Waals surface area contributed by atoms with Crippen molar-refractivity contribution in [3.63, 3.8) is 0 Å². The van der Waals surface area contributed by atoms with Crippen LogP contribution in [0.2, 0.25) is 0 Å². The molecule has 2 amide bonds. The first-order valence-corrected chi connectivity index (χ1v) is 13.6. The number of nitrogens with one attached hydrogen (secondary N) is 3. The fourth-order valence-electron chi connectivity index (χ4n) is 4.67. The van der Waals surface area contributed by atoms with Crippen molar-refractivity contribution < 1.29 is 14.3 Å². The summed E-state index contributed by atoms with van der Waals surface area (Å²) in [5, 5.41) is 14.9. The third kappa shape index (κ3) is 5.30. The topological polar surface area (TPSA) is 125 Å². The highest BCUT2D eigenvalue weighted by Crippen LogP contribution is 2.34. The van der Waals surface area contributed by atoms with E-state index in [1.807, 2.05) is 24.3 Å². The molecule has 3 aromatic heterocycles. The number of hydrogen-bond donors (Lipinski definition) is 3. The van der Waals surface area contributed by atoms with E-state index in [9.17, 15) is 9.59 Å². The molecule has 0 saturated carbocycles. The molecule has 4 heterocycles. The zero-order valence-corrected chi connectivity index (χ0v) is 22.4. The van der Waals surface area contributed by atoms with Crippen LogP contribution in [0, 0.1) is 11.8 Å². The molecule has 0 radical (unpaired) electrons. The average Bonchev–Trinajstić information content (AvgIpc) is 3.58. The van der Waals surface area contributed by atoms with E-state index >= 15 is 0 Å². The molecule has 1 fully saturated rings. The number of carbonyl (C=O) groups excluding carboxylic acids is 2. The van der Waals surface area contributed by atoms with E-state index in [2.05, 4.69) is 42.6 Å². The van der Waals surface area contributed by atoms with Gasteiger partial charge in [0.15, 0.2) is 16.6 Å². The molecule has 0 bridgehead atoms. The van der Waals surface area contributed by atoms with E-state index in [4.69, 9.17) is 4.74 Å². The molecule has 11 heteroatoms. The Morgan fingerprint density at radius 1 is 1.15 bits per heavy atom. The zero-order valence-electron chi connectivity index (χ0n) is 21.6. The normalized spacial score (nSPS) is 14.9. The Bertz CT molecular complexity index is 1730. The number of pyridine rings is 1. The summed E-state index contributed by atoms with van der Waals surface area (Å²) in [6.07, 6.45) is 3.41. The number of rotatable bonds is 6. The highest BCUT2D eigenvalue weighted by Gasteiger charge is 2.25. The second-order valence-corrected chi connectivity index (χ2v) is 10.3. The van der Waals surface area contributed by atoms with Crippen LogP contribution in [-0.2, 0) is 4.79 Å². The largest absolute Gasteiger partial charge is 0.456 e. The van der Waals surface area contributed by atoms with Gasteiger partial charge in [-0.2, -0.15) is 5.10 Å². The van der Waals surface area contributed by atoms with E-state index in [0.29, 0.717) is 52.1 Å². The predicted octanol–water partition coefficient (Wildman–Crippen LogP) is 5.04. The van der Waals surface area contributed by atoms with Gasteiger partial charge in [-0.25, -0.2) is 9.97 Å². The van der Waals surface area contributed by atoms with Crippen molar-refractivity contribution >= 4 is 55.4 Å². The number of benzene rings is 2. The lowest BCUT2D eigenvalue weighted by molar-refractivity contribution is -0.126. The quantitative estimate of drug-likeness (QED) is 0.253. The van der Waals surface area contributed by atoms with Crippen molar-refractivity contribution in [2.24, 2.45) is 0 Å². The lowest BCUT2D eigenvalue weighted by Crippen LogP contribution is -2.44. The number of hydrogen-bond acceptors (Lipinski definition) is 8. The SMILES string of the molecule is CC#CC(=O)N1CCC[C@@H](Nc2n[nH]c3nccc(Oc4ccc(C(=O)Nc5nc6ccccc6s5)cc4)c23)C1. The predicted molar refractivity (Wildman–Crippen MR) is 155 cm³/mol. The van der Waals surface area contributed by atoms with Crippen molar-refractivity contribution in [2.45, 2.75) is 25.8 Å². The van der Waals surface area contributed by atoms with Gasteiger partial charge in [-0.15, -0.1) is 0 Å². The van der Waals surface area contributed by atoms with Crippen molar-refractivity contribution in [2.75, 3.05) is 23.7 Å². The minimum Gasteiger partial charge on any atom is -0.456 e. The molecule has 0 aliphatic carbocycles. The molecule has 6 rings (SSSR count). The Hall–Kier alpha value is -4.95. The number of anilines is 2. The van der Waals surface area contributed by atoms with Crippen molar-refractivity contribution in [1.82, 2.24) is 25.1 Å². The number of ether oxygens (including phenoxy) is 1. The van der Waals surface area contributed by atoms with Gasteiger partial charge < -0.3 is 15.0 Å². The highest BCUT2D eigenvalue weighted by atomic mass is 32.1. The summed E-state index contributed by atoms with van der Waals surface area (Å²) in [5.41, 5.74) is 1.91. The van der Waals surface area contributed by atoms with Gasteiger partial charge in [0, 0.05) is 37.0 Å². The Balaban J connectivity index is 1.16. The van der Waals surface area contributed by atoms with Crippen molar-refractivity contribution in [1.29, 1.82) is 0 Å². The van der Waals surface area contributed by atoms with Crippen LogP contribution in [0.25, 0.3) is 21.3 Å². The third-order valence-electron chi connectivity index (χ3n) is 6.56. The maximum atomic E-state index is 12.8. The number of nitrogens with zero attached hydrogens (tertiary/aromatic N) is 4. The lowest BCUT2D eigenvalue weighted by Gasteiger charge is -2.32. The second-order valence-electron chi connectivity index (χ2n) is 9.28. The van der Waals surface area contributed by atoms with E-state index in [1.54, 1.807) is 48.4 Å². The monoisotopic (exact) mass is 551 g/mol. The van der Waals surface area contributed by atoms with Gasteiger partial charge in [0.2, 0.25) is 0 Å². The van der Waals surface area contributed by atoms with Crippen LogP contribution in [0.15, 0.2) is 60.8 Å². The molecule has 1 aliphatic heterocycles. The maximum absolute atomic E-state index is 12.8. The number of aromatic amines is 1. The molecule has 5 aromatic rings. The van der Waals surface area contributed by atoms with Crippen LogP contribution < -0.4 is 15.4 Å². The average molecular weight is 552 g/mol. The summed E-state index contributed by atoms with van der Waals surface area (Å²) in [4.78, 5) is 35.6. The summed E-state index contributed by atoms with van der Waals surface area (Å²) in [5.74, 6) is 6.61. The summed E-state index contributed by atoms with van der Waals surface area (Å²) in [6, 6.07) is 16.4. The summed E-state index contributed by atoms with van der Waals surface area (Å²) < 4.78 is 7.21.